The molecule has 0 bridgehead atoms. The summed E-state index contributed by atoms with van der Waals surface area (Å²) in [7, 11) is 5.13. The number of ether oxygens (including phenoxy) is 1. The number of hydrogen-bond donors (Lipinski definition) is 2. The second kappa shape index (κ2) is 8.50. The Balaban J connectivity index is 2.45. The highest BCUT2D eigenvalue weighted by molar-refractivity contribution is 7.80. The van der Waals surface area contributed by atoms with Gasteiger partial charge >= 0.3 is 0 Å². The molecule has 0 aliphatic carbocycles. The van der Waals surface area contributed by atoms with Gasteiger partial charge in [-0.1, -0.05) is 0 Å². The fourth-order valence-corrected chi connectivity index (χ4v) is 1.77. The molecule has 0 unspecified atom stereocenters. The molecule has 110 valence electrons. The Bertz CT molecular complexity index is 446. The molecule has 2 N–H and O–H groups in total. The van der Waals surface area contributed by atoms with Gasteiger partial charge in [-0.05, 0) is 42.9 Å². The molecule has 5 nitrogen and oxygen atoms in total. The molecule has 0 saturated heterocycles. The number of thiocarbonyl (C=S) groups is 1. The lowest BCUT2D eigenvalue weighted by atomic mass is 10.2. The van der Waals surface area contributed by atoms with Crippen molar-refractivity contribution in [3.63, 3.8) is 0 Å². The van der Waals surface area contributed by atoms with E-state index < -0.39 is 0 Å². The van der Waals surface area contributed by atoms with Crippen molar-refractivity contribution in [3.05, 3.63) is 29.8 Å². The number of methoxy groups -OCH3 is 1. The van der Waals surface area contributed by atoms with Crippen LogP contribution in [0.25, 0.3) is 0 Å². The number of benzene rings is 1. The number of nitrogens with zero attached hydrogens (tertiary/aromatic N) is 1. The van der Waals surface area contributed by atoms with E-state index >= 15 is 0 Å². The highest BCUT2D eigenvalue weighted by Crippen LogP contribution is 2.10. The van der Waals surface area contributed by atoms with Crippen LogP contribution in [0.1, 0.15) is 16.8 Å². The van der Waals surface area contributed by atoms with E-state index in [2.05, 4.69) is 10.6 Å². The summed E-state index contributed by atoms with van der Waals surface area (Å²) in [6, 6.07) is 7.22. The van der Waals surface area contributed by atoms with Crippen molar-refractivity contribution in [1.82, 2.24) is 10.2 Å². The Labute approximate surface area is 125 Å². The van der Waals surface area contributed by atoms with Crippen LogP contribution in [0.3, 0.4) is 0 Å². The Morgan fingerprint density at radius 2 is 1.95 bits per heavy atom. The summed E-state index contributed by atoms with van der Waals surface area (Å²) in [5.41, 5.74) is 1.50. The Morgan fingerprint density at radius 3 is 2.50 bits per heavy atom. The van der Waals surface area contributed by atoms with Gasteiger partial charge in [-0.3, -0.25) is 4.79 Å². The first-order valence-corrected chi connectivity index (χ1v) is 6.81. The molecule has 0 radical (unpaired) electrons. The van der Waals surface area contributed by atoms with E-state index in [9.17, 15) is 4.79 Å². The average Bonchev–Trinajstić information content (AvgIpc) is 2.43. The molecule has 0 atom stereocenters. The molecule has 20 heavy (non-hydrogen) atoms. The third kappa shape index (κ3) is 5.54. The summed E-state index contributed by atoms with van der Waals surface area (Å²) in [5.74, 6) is -0.0168. The molecule has 0 heterocycles. The maximum Gasteiger partial charge on any atom is 0.253 e. The van der Waals surface area contributed by atoms with Crippen molar-refractivity contribution >= 4 is 28.9 Å². The Kier molecular flexibility index (Phi) is 6.97. The molecular formula is C14H21N3O2S. The van der Waals surface area contributed by atoms with Crippen LogP contribution < -0.4 is 10.6 Å². The molecular weight excluding hydrogens is 274 g/mol. The SMILES string of the molecule is COCCCNC(=S)Nc1ccc(C(=O)N(C)C)cc1. The summed E-state index contributed by atoms with van der Waals surface area (Å²) in [6.45, 7) is 1.47. The van der Waals surface area contributed by atoms with Gasteiger partial charge in [0.2, 0.25) is 0 Å². The molecule has 0 saturated carbocycles. The zero-order valence-electron chi connectivity index (χ0n) is 12.1. The quantitative estimate of drug-likeness (QED) is 0.618. The molecule has 1 rings (SSSR count). The number of hydrogen-bond acceptors (Lipinski definition) is 3. The van der Waals surface area contributed by atoms with E-state index in [1.807, 2.05) is 12.1 Å². The van der Waals surface area contributed by atoms with Gasteiger partial charge < -0.3 is 20.3 Å². The third-order valence-corrected chi connectivity index (χ3v) is 2.85. The van der Waals surface area contributed by atoms with E-state index in [1.54, 1.807) is 38.2 Å². The van der Waals surface area contributed by atoms with Crippen molar-refractivity contribution in [1.29, 1.82) is 0 Å². The van der Waals surface area contributed by atoms with Gasteiger partial charge in [0.05, 0.1) is 0 Å². The molecule has 0 aromatic heterocycles. The lowest BCUT2D eigenvalue weighted by Gasteiger charge is -2.12. The summed E-state index contributed by atoms with van der Waals surface area (Å²) in [6.07, 6.45) is 0.897. The fraction of sp³-hybridized carbons (Fsp3) is 0.429. The molecule has 0 aliphatic rings. The average molecular weight is 295 g/mol. The zero-order valence-corrected chi connectivity index (χ0v) is 12.9. The topological polar surface area (TPSA) is 53.6 Å². The molecule has 0 spiro atoms. The van der Waals surface area contributed by atoms with Crippen LogP contribution in [0.15, 0.2) is 24.3 Å². The first kappa shape index (κ1) is 16.4. The standard InChI is InChI=1S/C14H21N3O2S/c1-17(2)13(18)11-5-7-12(8-6-11)16-14(20)15-9-4-10-19-3/h5-8H,4,9-10H2,1-3H3,(H2,15,16,20). The summed E-state index contributed by atoms with van der Waals surface area (Å²) in [4.78, 5) is 13.3. The number of carbonyl (C=O) groups is 1. The van der Waals surface area contributed by atoms with Gasteiger partial charge in [0.15, 0.2) is 5.11 Å². The van der Waals surface area contributed by atoms with Crippen LogP contribution in [-0.2, 0) is 4.74 Å². The number of nitrogens with one attached hydrogen (secondary N) is 2. The van der Waals surface area contributed by atoms with E-state index in [0.29, 0.717) is 17.3 Å². The second-order valence-corrected chi connectivity index (χ2v) is 4.91. The van der Waals surface area contributed by atoms with Crippen molar-refractivity contribution in [2.75, 3.05) is 39.7 Å². The Hall–Kier alpha value is -1.66. The van der Waals surface area contributed by atoms with Crippen LogP contribution in [-0.4, -0.2) is 50.3 Å². The van der Waals surface area contributed by atoms with Crippen LogP contribution in [0, 0.1) is 0 Å². The minimum absolute atomic E-state index is 0.0168. The van der Waals surface area contributed by atoms with E-state index in [4.69, 9.17) is 17.0 Å². The van der Waals surface area contributed by atoms with Gasteiger partial charge in [-0.15, -0.1) is 0 Å². The summed E-state index contributed by atoms with van der Waals surface area (Å²) in [5, 5.41) is 6.72. The fourth-order valence-electron chi connectivity index (χ4n) is 1.55. The number of carbonyl (C=O) groups excluding carboxylic acids is 1. The first-order valence-electron chi connectivity index (χ1n) is 6.40. The van der Waals surface area contributed by atoms with Crippen molar-refractivity contribution < 1.29 is 9.53 Å². The lowest BCUT2D eigenvalue weighted by molar-refractivity contribution is 0.0827. The van der Waals surface area contributed by atoms with Crippen molar-refractivity contribution in [2.45, 2.75) is 6.42 Å². The number of rotatable bonds is 6. The smallest absolute Gasteiger partial charge is 0.253 e. The molecule has 1 amide bonds. The van der Waals surface area contributed by atoms with Gasteiger partial charge in [0.1, 0.15) is 0 Å². The van der Waals surface area contributed by atoms with Gasteiger partial charge in [-0.25, -0.2) is 0 Å². The van der Waals surface area contributed by atoms with Crippen LogP contribution >= 0.6 is 12.2 Å². The zero-order chi connectivity index (χ0) is 15.0. The maximum atomic E-state index is 11.7. The predicted molar refractivity (Wildman–Crippen MR) is 85.2 cm³/mol. The van der Waals surface area contributed by atoms with Crippen LogP contribution in [0.4, 0.5) is 5.69 Å². The number of anilines is 1. The van der Waals surface area contributed by atoms with E-state index in [0.717, 1.165) is 18.7 Å². The highest BCUT2D eigenvalue weighted by atomic mass is 32.1. The highest BCUT2D eigenvalue weighted by Gasteiger charge is 2.07. The van der Waals surface area contributed by atoms with Gasteiger partial charge in [0.25, 0.3) is 5.91 Å². The predicted octanol–water partition coefficient (Wildman–Crippen LogP) is 1.71. The summed E-state index contributed by atoms with van der Waals surface area (Å²) >= 11 is 5.17. The Morgan fingerprint density at radius 1 is 1.30 bits per heavy atom. The van der Waals surface area contributed by atoms with Gasteiger partial charge in [-0.2, -0.15) is 0 Å². The minimum atomic E-state index is -0.0168. The number of amides is 1. The molecule has 1 aromatic rings. The van der Waals surface area contributed by atoms with Crippen LogP contribution in [0.5, 0.6) is 0 Å². The first-order chi connectivity index (χ1) is 9.54. The molecule has 0 aliphatic heterocycles. The monoisotopic (exact) mass is 295 g/mol. The summed E-state index contributed by atoms with van der Waals surface area (Å²) < 4.78 is 4.96. The van der Waals surface area contributed by atoms with E-state index in [-0.39, 0.29) is 5.91 Å². The molecule has 6 heteroatoms. The lowest BCUT2D eigenvalue weighted by Crippen LogP contribution is -2.29. The largest absolute Gasteiger partial charge is 0.385 e. The van der Waals surface area contributed by atoms with Crippen molar-refractivity contribution in [2.24, 2.45) is 0 Å². The van der Waals surface area contributed by atoms with Crippen LogP contribution in [0.2, 0.25) is 0 Å². The van der Waals surface area contributed by atoms with E-state index in [1.165, 1.54) is 0 Å². The maximum absolute atomic E-state index is 11.7. The van der Waals surface area contributed by atoms with Gasteiger partial charge in [0, 0.05) is 45.6 Å². The van der Waals surface area contributed by atoms with Crippen molar-refractivity contribution in [3.8, 4) is 0 Å². The molecule has 0 fully saturated rings. The third-order valence-electron chi connectivity index (χ3n) is 2.61. The molecule has 1 aromatic carbocycles. The minimum Gasteiger partial charge on any atom is -0.385 e. The second-order valence-electron chi connectivity index (χ2n) is 4.50. The normalized spacial score (nSPS) is 9.95.